The molecule has 0 unspecified atom stereocenters. The van der Waals surface area contributed by atoms with Crippen molar-refractivity contribution in [1.29, 1.82) is 0 Å². The molecular weight excluding hydrogens is 362 g/mol. The van der Waals surface area contributed by atoms with Crippen molar-refractivity contribution in [3.05, 3.63) is 70.7 Å². The molecule has 0 saturated carbocycles. The SMILES string of the molecule is O=C1N[C@H](Cc2ccccc2)C(=O)N2C[C@@H](NCc3ccccc3Cl)C[C@@H]12. The first kappa shape index (κ1) is 18.0. The lowest BCUT2D eigenvalue weighted by Crippen LogP contribution is -2.61. The Kier molecular flexibility index (Phi) is 5.14. The number of hydrogen-bond donors (Lipinski definition) is 2. The number of amides is 2. The van der Waals surface area contributed by atoms with E-state index in [1.165, 1.54) is 0 Å². The first-order valence-corrected chi connectivity index (χ1v) is 9.61. The van der Waals surface area contributed by atoms with Gasteiger partial charge in [0.2, 0.25) is 11.8 Å². The van der Waals surface area contributed by atoms with Crippen LogP contribution in [0.15, 0.2) is 54.6 Å². The van der Waals surface area contributed by atoms with Gasteiger partial charge in [0.05, 0.1) is 0 Å². The highest BCUT2D eigenvalue weighted by molar-refractivity contribution is 6.31. The zero-order valence-electron chi connectivity index (χ0n) is 14.9. The van der Waals surface area contributed by atoms with Crippen molar-refractivity contribution in [2.75, 3.05) is 6.54 Å². The third-order valence-corrected chi connectivity index (χ3v) is 5.69. The van der Waals surface area contributed by atoms with Gasteiger partial charge in [-0.3, -0.25) is 9.59 Å². The maximum absolute atomic E-state index is 12.9. The number of nitrogens with one attached hydrogen (secondary N) is 2. The Morgan fingerprint density at radius 3 is 2.59 bits per heavy atom. The molecule has 0 aromatic heterocycles. The van der Waals surface area contributed by atoms with Crippen molar-refractivity contribution in [3.63, 3.8) is 0 Å². The van der Waals surface area contributed by atoms with Gasteiger partial charge < -0.3 is 15.5 Å². The summed E-state index contributed by atoms with van der Waals surface area (Å²) in [5, 5.41) is 7.07. The second kappa shape index (κ2) is 7.71. The fourth-order valence-electron chi connectivity index (χ4n) is 3.89. The molecule has 5 nitrogen and oxygen atoms in total. The predicted octanol–water partition coefficient (Wildman–Crippen LogP) is 2.14. The van der Waals surface area contributed by atoms with Gasteiger partial charge in [-0.15, -0.1) is 0 Å². The Balaban J connectivity index is 1.40. The number of carbonyl (C=O) groups excluding carboxylic acids is 2. The topological polar surface area (TPSA) is 61.4 Å². The molecular formula is C21H22ClN3O2. The number of halogens is 1. The summed E-state index contributed by atoms with van der Waals surface area (Å²) in [6.45, 7) is 1.17. The second-order valence-electron chi connectivity index (χ2n) is 7.16. The standard InChI is InChI=1S/C21H22ClN3O2/c22-17-9-5-4-8-15(17)12-23-16-11-19-20(26)24-18(21(27)25(19)13-16)10-14-6-2-1-3-7-14/h1-9,16,18-19,23H,10-13H2,(H,24,26)/t16-,18+,19-/m0/s1. The van der Waals surface area contributed by atoms with Gasteiger partial charge in [0.25, 0.3) is 0 Å². The third-order valence-electron chi connectivity index (χ3n) is 5.32. The van der Waals surface area contributed by atoms with Crippen LogP contribution in [0, 0.1) is 0 Å². The van der Waals surface area contributed by atoms with Crippen LogP contribution in [0.2, 0.25) is 5.02 Å². The molecule has 2 saturated heterocycles. The molecule has 2 aromatic carbocycles. The van der Waals surface area contributed by atoms with Crippen LogP contribution >= 0.6 is 11.6 Å². The zero-order chi connectivity index (χ0) is 18.8. The van der Waals surface area contributed by atoms with Gasteiger partial charge in [0.15, 0.2) is 0 Å². The van der Waals surface area contributed by atoms with Gasteiger partial charge in [0.1, 0.15) is 12.1 Å². The number of fused-ring (bicyclic) bond motifs is 1. The normalized spacial score (nSPS) is 24.6. The first-order chi connectivity index (χ1) is 13.1. The van der Waals surface area contributed by atoms with E-state index in [-0.39, 0.29) is 23.9 Å². The summed E-state index contributed by atoms with van der Waals surface area (Å²) >= 11 is 6.21. The van der Waals surface area contributed by atoms with Crippen molar-refractivity contribution in [3.8, 4) is 0 Å². The Hall–Kier alpha value is -2.37. The molecule has 2 aliphatic heterocycles. The summed E-state index contributed by atoms with van der Waals surface area (Å²) in [6, 6.07) is 16.7. The molecule has 0 spiro atoms. The van der Waals surface area contributed by atoms with Crippen molar-refractivity contribution in [2.24, 2.45) is 0 Å². The quantitative estimate of drug-likeness (QED) is 0.831. The molecule has 0 radical (unpaired) electrons. The Morgan fingerprint density at radius 2 is 1.81 bits per heavy atom. The van der Waals surface area contributed by atoms with Gasteiger partial charge in [-0.25, -0.2) is 0 Å². The minimum Gasteiger partial charge on any atom is -0.342 e. The average Bonchev–Trinajstić information content (AvgIpc) is 3.11. The first-order valence-electron chi connectivity index (χ1n) is 9.23. The Bertz CT molecular complexity index is 842. The maximum Gasteiger partial charge on any atom is 0.246 e. The summed E-state index contributed by atoms with van der Waals surface area (Å²) in [7, 11) is 0. The number of hydrogen-bond acceptors (Lipinski definition) is 3. The number of carbonyl (C=O) groups is 2. The van der Waals surface area contributed by atoms with E-state index in [2.05, 4.69) is 10.6 Å². The molecule has 2 aromatic rings. The molecule has 6 heteroatoms. The summed E-state index contributed by atoms with van der Waals surface area (Å²) in [4.78, 5) is 27.2. The van der Waals surface area contributed by atoms with Crippen molar-refractivity contribution in [1.82, 2.24) is 15.5 Å². The van der Waals surface area contributed by atoms with Crippen molar-refractivity contribution >= 4 is 23.4 Å². The molecule has 4 rings (SSSR count). The van der Waals surface area contributed by atoms with E-state index in [9.17, 15) is 9.59 Å². The van der Waals surface area contributed by atoms with Crippen LogP contribution in [0.25, 0.3) is 0 Å². The molecule has 2 aliphatic rings. The third kappa shape index (κ3) is 3.84. The minimum atomic E-state index is -0.488. The molecule has 140 valence electrons. The molecule has 0 aliphatic carbocycles. The van der Waals surface area contributed by atoms with Gasteiger partial charge in [0, 0.05) is 30.6 Å². The van der Waals surface area contributed by atoms with Crippen LogP contribution in [-0.4, -0.2) is 41.4 Å². The van der Waals surface area contributed by atoms with Crippen LogP contribution in [0.1, 0.15) is 17.5 Å². The lowest BCUT2D eigenvalue weighted by Gasteiger charge is -2.34. The van der Waals surface area contributed by atoms with Gasteiger partial charge in [-0.1, -0.05) is 60.1 Å². The minimum absolute atomic E-state index is 0.00509. The molecule has 2 fully saturated rings. The van der Waals surface area contributed by atoms with Gasteiger partial charge >= 0.3 is 0 Å². The molecule has 2 heterocycles. The highest BCUT2D eigenvalue weighted by Gasteiger charge is 2.46. The highest BCUT2D eigenvalue weighted by atomic mass is 35.5. The second-order valence-corrected chi connectivity index (χ2v) is 7.57. The van der Waals surface area contributed by atoms with Crippen LogP contribution in [0.5, 0.6) is 0 Å². The lowest BCUT2D eigenvalue weighted by molar-refractivity contribution is -0.147. The Morgan fingerprint density at radius 1 is 1.07 bits per heavy atom. The lowest BCUT2D eigenvalue weighted by atomic mass is 10.0. The van der Waals surface area contributed by atoms with E-state index in [1.54, 1.807) is 4.90 Å². The smallest absolute Gasteiger partial charge is 0.246 e. The number of nitrogens with zero attached hydrogens (tertiary/aromatic N) is 1. The number of benzene rings is 2. The van der Waals surface area contributed by atoms with Crippen LogP contribution < -0.4 is 10.6 Å². The van der Waals surface area contributed by atoms with Gasteiger partial charge in [-0.2, -0.15) is 0 Å². The van der Waals surface area contributed by atoms with E-state index in [4.69, 9.17) is 11.6 Å². The number of rotatable bonds is 5. The summed E-state index contributed by atoms with van der Waals surface area (Å²) in [5.74, 6) is -0.0527. The van der Waals surface area contributed by atoms with E-state index >= 15 is 0 Å². The van der Waals surface area contributed by atoms with Crippen molar-refractivity contribution < 1.29 is 9.59 Å². The largest absolute Gasteiger partial charge is 0.342 e. The van der Waals surface area contributed by atoms with Crippen molar-refractivity contribution in [2.45, 2.75) is 37.5 Å². The summed E-state index contributed by atoms with van der Waals surface area (Å²) in [6.07, 6.45) is 1.15. The fourth-order valence-corrected chi connectivity index (χ4v) is 4.09. The highest BCUT2D eigenvalue weighted by Crippen LogP contribution is 2.24. The molecule has 2 N–H and O–H groups in total. The predicted molar refractivity (Wildman–Crippen MR) is 104 cm³/mol. The Labute approximate surface area is 163 Å². The summed E-state index contributed by atoms with van der Waals surface area (Å²) in [5.41, 5.74) is 2.06. The molecule has 2 amide bonds. The monoisotopic (exact) mass is 383 g/mol. The van der Waals surface area contributed by atoms with Crippen LogP contribution in [0.3, 0.4) is 0 Å². The number of piperazine rings is 1. The molecule has 0 bridgehead atoms. The molecule has 27 heavy (non-hydrogen) atoms. The average molecular weight is 384 g/mol. The fraction of sp³-hybridized carbons (Fsp3) is 0.333. The van der Waals surface area contributed by atoms with E-state index < -0.39 is 6.04 Å². The zero-order valence-corrected chi connectivity index (χ0v) is 15.7. The summed E-state index contributed by atoms with van der Waals surface area (Å²) < 4.78 is 0. The van der Waals surface area contributed by atoms with E-state index in [1.807, 2.05) is 54.6 Å². The van der Waals surface area contributed by atoms with Gasteiger partial charge in [-0.05, 0) is 23.6 Å². The van der Waals surface area contributed by atoms with Crippen LogP contribution in [0.4, 0.5) is 0 Å². The maximum atomic E-state index is 12.9. The van der Waals surface area contributed by atoms with E-state index in [0.717, 1.165) is 16.1 Å². The van der Waals surface area contributed by atoms with E-state index in [0.29, 0.717) is 25.9 Å². The molecule has 3 atom stereocenters. The van der Waals surface area contributed by atoms with Crippen LogP contribution in [-0.2, 0) is 22.6 Å².